The van der Waals surface area contributed by atoms with Crippen molar-refractivity contribution in [1.82, 2.24) is 19.7 Å². The topological polar surface area (TPSA) is 69.9 Å². The van der Waals surface area contributed by atoms with Crippen LogP contribution in [0.25, 0.3) is 5.95 Å². The van der Waals surface area contributed by atoms with Crippen LogP contribution in [0.15, 0.2) is 18.5 Å². The number of esters is 1. The lowest BCUT2D eigenvalue weighted by Gasteiger charge is -2.03. The average molecular weight is 246 g/mol. The third-order valence-corrected chi connectivity index (χ3v) is 2.51. The van der Waals surface area contributed by atoms with Gasteiger partial charge >= 0.3 is 5.97 Å². The fourth-order valence-electron chi connectivity index (χ4n) is 1.74. The van der Waals surface area contributed by atoms with E-state index in [0.29, 0.717) is 29.5 Å². The molecular weight excluding hydrogens is 232 g/mol. The number of nitrogens with zero attached hydrogens (tertiary/aromatic N) is 4. The number of aromatic nitrogens is 4. The number of hydrogen-bond donors (Lipinski definition) is 0. The van der Waals surface area contributed by atoms with E-state index in [1.54, 1.807) is 43.9 Å². The maximum atomic E-state index is 11.8. The minimum absolute atomic E-state index is 0.338. The molecule has 6 nitrogen and oxygen atoms in total. The predicted octanol–water partition coefficient (Wildman–Crippen LogP) is 1.46. The summed E-state index contributed by atoms with van der Waals surface area (Å²) in [6.07, 6.45) is 3.26. The number of hydrogen-bond acceptors (Lipinski definition) is 5. The van der Waals surface area contributed by atoms with Gasteiger partial charge in [0.25, 0.3) is 5.95 Å². The van der Waals surface area contributed by atoms with Crippen LogP contribution in [0.3, 0.4) is 0 Å². The Morgan fingerprint density at radius 2 is 2.00 bits per heavy atom. The Bertz CT molecular complexity index is 563. The van der Waals surface area contributed by atoms with Crippen LogP contribution in [0.2, 0.25) is 0 Å². The smallest absolute Gasteiger partial charge is 0.341 e. The highest BCUT2D eigenvalue weighted by Gasteiger charge is 2.21. The minimum atomic E-state index is -0.366. The van der Waals surface area contributed by atoms with Crippen LogP contribution in [0, 0.1) is 13.8 Å². The normalized spacial score (nSPS) is 10.4. The molecule has 0 unspecified atom stereocenters. The van der Waals surface area contributed by atoms with Crippen molar-refractivity contribution >= 4 is 5.97 Å². The summed E-state index contributed by atoms with van der Waals surface area (Å²) in [5.41, 5.74) is 1.76. The van der Waals surface area contributed by atoms with E-state index in [0.717, 1.165) is 0 Å². The molecule has 0 radical (unpaired) electrons. The molecule has 0 N–H and O–H groups in total. The van der Waals surface area contributed by atoms with Crippen molar-refractivity contribution in [3.63, 3.8) is 0 Å². The molecule has 0 bridgehead atoms. The fourth-order valence-corrected chi connectivity index (χ4v) is 1.74. The summed E-state index contributed by atoms with van der Waals surface area (Å²) in [6.45, 7) is 5.67. The number of carbonyl (C=O) groups excluding carboxylic acids is 1. The highest BCUT2D eigenvalue weighted by atomic mass is 16.5. The summed E-state index contributed by atoms with van der Waals surface area (Å²) in [4.78, 5) is 20.0. The van der Waals surface area contributed by atoms with Crippen molar-refractivity contribution in [2.75, 3.05) is 6.61 Å². The first-order chi connectivity index (χ1) is 8.65. The predicted molar refractivity (Wildman–Crippen MR) is 64.6 cm³/mol. The van der Waals surface area contributed by atoms with E-state index < -0.39 is 0 Å². The van der Waals surface area contributed by atoms with Crippen LogP contribution in [-0.2, 0) is 4.74 Å². The molecule has 0 saturated carbocycles. The molecule has 0 saturated heterocycles. The number of ether oxygens (including phenoxy) is 1. The van der Waals surface area contributed by atoms with E-state index in [4.69, 9.17) is 4.74 Å². The van der Waals surface area contributed by atoms with Crippen LogP contribution in [-0.4, -0.2) is 32.3 Å². The molecule has 2 aromatic heterocycles. The molecular formula is C12H14N4O2. The zero-order valence-electron chi connectivity index (χ0n) is 10.5. The number of carbonyl (C=O) groups is 1. The van der Waals surface area contributed by atoms with E-state index in [9.17, 15) is 4.79 Å². The van der Waals surface area contributed by atoms with Crippen LogP contribution in [0.5, 0.6) is 0 Å². The van der Waals surface area contributed by atoms with Crippen molar-refractivity contribution < 1.29 is 9.53 Å². The molecule has 2 aromatic rings. The molecule has 0 aliphatic heterocycles. The quantitative estimate of drug-likeness (QED) is 0.767. The monoisotopic (exact) mass is 246 g/mol. The van der Waals surface area contributed by atoms with Gasteiger partial charge in [-0.2, -0.15) is 5.10 Å². The lowest BCUT2D eigenvalue weighted by Crippen LogP contribution is -2.08. The summed E-state index contributed by atoms with van der Waals surface area (Å²) >= 11 is 0. The van der Waals surface area contributed by atoms with Crippen LogP contribution in [0.1, 0.15) is 28.7 Å². The van der Waals surface area contributed by atoms with Gasteiger partial charge in [-0.1, -0.05) is 0 Å². The number of aryl methyl sites for hydroxylation is 1. The van der Waals surface area contributed by atoms with Gasteiger partial charge < -0.3 is 4.74 Å². The molecule has 18 heavy (non-hydrogen) atoms. The Balaban J connectivity index is 2.47. The lowest BCUT2D eigenvalue weighted by atomic mass is 10.2. The van der Waals surface area contributed by atoms with Gasteiger partial charge in [0.1, 0.15) is 5.56 Å². The Hall–Kier alpha value is -2.24. The third-order valence-electron chi connectivity index (χ3n) is 2.51. The second-order valence-electron chi connectivity index (χ2n) is 3.73. The second-order valence-corrected chi connectivity index (χ2v) is 3.73. The van der Waals surface area contributed by atoms with Crippen molar-refractivity contribution in [3.8, 4) is 5.95 Å². The van der Waals surface area contributed by atoms with Gasteiger partial charge in [-0.25, -0.2) is 19.4 Å². The Kier molecular flexibility index (Phi) is 3.36. The Labute approximate surface area is 105 Å². The zero-order valence-corrected chi connectivity index (χ0v) is 10.5. The Morgan fingerprint density at radius 3 is 2.61 bits per heavy atom. The average Bonchev–Trinajstić information content (AvgIpc) is 2.66. The maximum absolute atomic E-state index is 11.8. The summed E-state index contributed by atoms with van der Waals surface area (Å²) in [5.74, 6) is 0.0725. The molecule has 0 spiro atoms. The van der Waals surface area contributed by atoms with Gasteiger partial charge in [0, 0.05) is 12.4 Å². The Morgan fingerprint density at radius 1 is 1.33 bits per heavy atom. The first-order valence-electron chi connectivity index (χ1n) is 5.66. The van der Waals surface area contributed by atoms with Crippen molar-refractivity contribution in [3.05, 3.63) is 35.4 Å². The van der Waals surface area contributed by atoms with Crippen molar-refractivity contribution in [1.29, 1.82) is 0 Å². The fraction of sp³-hybridized carbons (Fsp3) is 0.333. The van der Waals surface area contributed by atoms with Gasteiger partial charge in [-0.05, 0) is 26.8 Å². The zero-order chi connectivity index (χ0) is 13.1. The summed E-state index contributed by atoms with van der Waals surface area (Å²) in [6, 6.07) is 1.72. The van der Waals surface area contributed by atoms with E-state index >= 15 is 0 Å². The summed E-state index contributed by atoms with van der Waals surface area (Å²) in [5, 5.41) is 4.27. The van der Waals surface area contributed by atoms with Crippen molar-refractivity contribution in [2.24, 2.45) is 0 Å². The minimum Gasteiger partial charge on any atom is -0.462 e. The SMILES string of the molecule is CCOC(=O)c1c(C)nn(-c2ncccn2)c1C. The van der Waals surface area contributed by atoms with Gasteiger partial charge in [0.2, 0.25) is 0 Å². The van der Waals surface area contributed by atoms with E-state index in [1.807, 2.05) is 0 Å². The third kappa shape index (κ3) is 2.09. The molecule has 2 rings (SSSR count). The largest absolute Gasteiger partial charge is 0.462 e. The lowest BCUT2D eigenvalue weighted by molar-refractivity contribution is 0.0524. The molecule has 0 fully saturated rings. The van der Waals surface area contributed by atoms with E-state index in [-0.39, 0.29) is 5.97 Å². The molecule has 0 amide bonds. The molecule has 0 atom stereocenters. The van der Waals surface area contributed by atoms with Gasteiger partial charge in [-0.3, -0.25) is 0 Å². The maximum Gasteiger partial charge on any atom is 0.341 e. The van der Waals surface area contributed by atoms with Crippen LogP contribution >= 0.6 is 0 Å². The van der Waals surface area contributed by atoms with Gasteiger partial charge in [0.05, 0.1) is 18.0 Å². The molecule has 0 aromatic carbocycles. The number of rotatable bonds is 3. The summed E-state index contributed by atoms with van der Waals surface area (Å²) < 4.78 is 6.55. The molecule has 0 aliphatic rings. The van der Waals surface area contributed by atoms with Crippen LogP contribution < -0.4 is 0 Å². The molecule has 2 heterocycles. The second kappa shape index (κ2) is 4.95. The highest BCUT2D eigenvalue weighted by molar-refractivity contribution is 5.92. The first-order valence-corrected chi connectivity index (χ1v) is 5.66. The highest BCUT2D eigenvalue weighted by Crippen LogP contribution is 2.16. The molecule has 0 aliphatic carbocycles. The molecule has 6 heteroatoms. The van der Waals surface area contributed by atoms with Crippen molar-refractivity contribution in [2.45, 2.75) is 20.8 Å². The first kappa shape index (κ1) is 12.2. The van der Waals surface area contributed by atoms with Gasteiger partial charge in [0.15, 0.2) is 0 Å². The standard InChI is InChI=1S/C12H14N4O2/c1-4-18-11(17)10-8(2)15-16(9(10)3)12-13-6-5-7-14-12/h5-7H,4H2,1-3H3. The van der Waals surface area contributed by atoms with E-state index in [1.165, 1.54) is 0 Å². The van der Waals surface area contributed by atoms with Crippen LogP contribution in [0.4, 0.5) is 0 Å². The van der Waals surface area contributed by atoms with Gasteiger partial charge in [-0.15, -0.1) is 0 Å². The summed E-state index contributed by atoms with van der Waals surface area (Å²) in [7, 11) is 0. The van der Waals surface area contributed by atoms with E-state index in [2.05, 4.69) is 15.1 Å². The molecule has 94 valence electrons.